The summed E-state index contributed by atoms with van der Waals surface area (Å²) >= 11 is 0. The lowest BCUT2D eigenvalue weighted by molar-refractivity contribution is 0.292. The van der Waals surface area contributed by atoms with Gasteiger partial charge in [0.25, 0.3) is 0 Å². The Morgan fingerprint density at radius 3 is 2.47 bits per heavy atom. The summed E-state index contributed by atoms with van der Waals surface area (Å²) in [7, 11) is 3.56. The van der Waals surface area contributed by atoms with Crippen LogP contribution < -0.4 is 10.3 Å². The van der Waals surface area contributed by atoms with Gasteiger partial charge in [0.1, 0.15) is 12.1 Å². The second-order valence-corrected chi connectivity index (χ2v) is 7.47. The number of hydrogen-bond donors (Lipinski definition) is 0. The van der Waals surface area contributed by atoms with Crippen molar-refractivity contribution in [1.82, 2.24) is 29.3 Å². The number of pyridine rings is 2. The van der Waals surface area contributed by atoms with Crippen LogP contribution in [-0.2, 0) is 20.7 Å². The molecule has 0 saturated heterocycles. The molecule has 8 heteroatoms. The van der Waals surface area contributed by atoms with Gasteiger partial charge in [0.2, 0.25) is 11.4 Å². The van der Waals surface area contributed by atoms with Crippen molar-refractivity contribution in [3.63, 3.8) is 0 Å². The molecule has 0 atom stereocenters. The van der Waals surface area contributed by atoms with Crippen molar-refractivity contribution in [2.75, 3.05) is 0 Å². The van der Waals surface area contributed by atoms with E-state index in [1.807, 2.05) is 49.6 Å². The van der Waals surface area contributed by atoms with Gasteiger partial charge >= 0.3 is 0 Å². The molecular formula is C24H20N6O2. The number of aryl methyl sites for hydroxylation is 2. The minimum atomic E-state index is -0.0619. The minimum Gasteiger partial charge on any atom is -0.471 e. The third-order valence-electron chi connectivity index (χ3n) is 5.15. The van der Waals surface area contributed by atoms with Gasteiger partial charge in [-0.05, 0) is 23.8 Å². The Morgan fingerprint density at radius 2 is 1.66 bits per heavy atom. The monoisotopic (exact) mass is 424 g/mol. The zero-order valence-electron chi connectivity index (χ0n) is 17.6. The zero-order chi connectivity index (χ0) is 22.1. The SMILES string of the molecule is Cn1cc(-c2ccc(=O)n(C)c2)c(OCc2ccc(-c3ccc4nccnc4n3)cc2)n1. The van der Waals surface area contributed by atoms with Gasteiger partial charge in [0, 0.05) is 56.1 Å². The van der Waals surface area contributed by atoms with Gasteiger partial charge in [-0.2, -0.15) is 0 Å². The molecule has 8 nitrogen and oxygen atoms in total. The average Bonchev–Trinajstić information content (AvgIpc) is 3.20. The fourth-order valence-corrected chi connectivity index (χ4v) is 3.46. The fraction of sp³-hybridized carbons (Fsp3) is 0.125. The standard InChI is InChI=1S/C24H20N6O2/c1-29-13-18(7-10-22(29)31)19-14-30(2)28-24(19)32-15-16-3-5-17(6-4-16)20-8-9-21-23(27-20)26-12-11-25-21/h3-14H,15H2,1-2H3. The Hall–Kier alpha value is -4.33. The maximum Gasteiger partial charge on any atom is 0.250 e. The first kappa shape index (κ1) is 19.6. The van der Waals surface area contributed by atoms with Gasteiger partial charge in [0.15, 0.2) is 5.65 Å². The highest BCUT2D eigenvalue weighted by Gasteiger charge is 2.13. The van der Waals surface area contributed by atoms with E-state index in [2.05, 4.69) is 20.1 Å². The van der Waals surface area contributed by atoms with Crippen LogP contribution in [0.1, 0.15) is 5.56 Å². The van der Waals surface area contributed by atoms with Gasteiger partial charge in [-0.1, -0.05) is 24.3 Å². The van der Waals surface area contributed by atoms with Crippen molar-refractivity contribution in [2.45, 2.75) is 6.61 Å². The molecule has 0 radical (unpaired) electrons. The number of aromatic nitrogens is 6. The number of ether oxygens (including phenoxy) is 1. The maximum atomic E-state index is 11.7. The van der Waals surface area contributed by atoms with Gasteiger partial charge in [-0.25, -0.2) is 9.97 Å². The summed E-state index contributed by atoms with van der Waals surface area (Å²) in [6.45, 7) is 0.368. The molecule has 4 heterocycles. The van der Waals surface area contributed by atoms with E-state index < -0.39 is 0 Å². The molecule has 0 aliphatic rings. The normalized spacial score (nSPS) is 11.1. The van der Waals surface area contributed by atoms with Gasteiger partial charge in [0.05, 0.1) is 11.3 Å². The summed E-state index contributed by atoms with van der Waals surface area (Å²) in [5.74, 6) is 0.519. The van der Waals surface area contributed by atoms with E-state index in [0.717, 1.165) is 33.5 Å². The van der Waals surface area contributed by atoms with Crippen molar-refractivity contribution in [2.24, 2.45) is 14.1 Å². The molecule has 158 valence electrons. The predicted molar refractivity (Wildman–Crippen MR) is 121 cm³/mol. The lowest BCUT2D eigenvalue weighted by Gasteiger charge is -2.08. The number of nitrogens with zero attached hydrogens (tertiary/aromatic N) is 6. The molecule has 5 aromatic rings. The first-order chi connectivity index (χ1) is 15.6. The Labute approximate surface area is 183 Å². The van der Waals surface area contributed by atoms with E-state index in [-0.39, 0.29) is 5.56 Å². The van der Waals surface area contributed by atoms with Gasteiger partial charge in [-0.15, -0.1) is 5.10 Å². The molecule has 32 heavy (non-hydrogen) atoms. The van der Waals surface area contributed by atoms with Crippen LogP contribution in [0.2, 0.25) is 0 Å². The van der Waals surface area contributed by atoms with E-state index in [1.54, 1.807) is 36.4 Å². The number of fused-ring (bicyclic) bond motifs is 1. The van der Waals surface area contributed by atoms with E-state index in [1.165, 1.54) is 10.6 Å². The highest BCUT2D eigenvalue weighted by molar-refractivity contribution is 5.74. The second kappa shape index (κ2) is 8.07. The fourth-order valence-electron chi connectivity index (χ4n) is 3.46. The molecule has 0 amide bonds. The van der Waals surface area contributed by atoms with Gasteiger partial charge in [-0.3, -0.25) is 14.5 Å². The van der Waals surface area contributed by atoms with E-state index in [0.29, 0.717) is 18.1 Å². The molecule has 0 spiro atoms. The molecule has 0 fully saturated rings. The highest BCUT2D eigenvalue weighted by atomic mass is 16.5. The average molecular weight is 424 g/mol. The third kappa shape index (κ3) is 3.85. The van der Waals surface area contributed by atoms with Crippen molar-refractivity contribution < 1.29 is 4.74 Å². The molecule has 0 unspecified atom stereocenters. The van der Waals surface area contributed by atoms with Gasteiger partial charge < -0.3 is 9.30 Å². The van der Waals surface area contributed by atoms with Crippen LogP contribution in [0.5, 0.6) is 5.88 Å². The number of rotatable bonds is 5. The Bertz CT molecular complexity index is 1470. The van der Waals surface area contributed by atoms with Crippen LogP contribution >= 0.6 is 0 Å². The second-order valence-electron chi connectivity index (χ2n) is 7.47. The van der Waals surface area contributed by atoms with E-state index >= 15 is 0 Å². The van der Waals surface area contributed by atoms with Crippen molar-refractivity contribution in [3.05, 3.63) is 89.2 Å². The first-order valence-corrected chi connectivity index (χ1v) is 10.1. The number of benzene rings is 1. The summed E-state index contributed by atoms with van der Waals surface area (Å²) in [6.07, 6.45) is 6.96. The largest absolute Gasteiger partial charge is 0.471 e. The topological polar surface area (TPSA) is 87.7 Å². The van der Waals surface area contributed by atoms with E-state index in [4.69, 9.17) is 4.74 Å². The summed E-state index contributed by atoms with van der Waals surface area (Å²) in [6, 6.07) is 15.2. The molecule has 4 aromatic heterocycles. The van der Waals surface area contributed by atoms with Crippen LogP contribution in [0.4, 0.5) is 0 Å². The van der Waals surface area contributed by atoms with E-state index in [9.17, 15) is 4.79 Å². The summed E-state index contributed by atoms with van der Waals surface area (Å²) < 4.78 is 9.26. The summed E-state index contributed by atoms with van der Waals surface area (Å²) in [5, 5.41) is 4.43. The molecule has 5 rings (SSSR count). The quantitative estimate of drug-likeness (QED) is 0.430. The Balaban J connectivity index is 1.34. The molecule has 0 N–H and O–H groups in total. The van der Waals surface area contributed by atoms with Crippen molar-refractivity contribution in [1.29, 1.82) is 0 Å². The molecule has 1 aromatic carbocycles. The third-order valence-corrected chi connectivity index (χ3v) is 5.15. The number of hydrogen-bond acceptors (Lipinski definition) is 6. The molecule has 0 aliphatic heterocycles. The molecule has 0 bridgehead atoms. The van der Waals surface area contributed by atoms with Crippen LogP contribution in [0.3, 0.4) is 0 Å². The van der Waals surface area contributed by atoms with Crippen molar-refractivity contribution in [3.8, 4) is 28.3 Å². The highest BCUT2D eigenvalue weighted by Crippen LogP contribution is 2.28. The molecular weight excluding hydrogens is 404 g/mol. The maximum absolute atomic E-state index is 11.7. The minimum absolute atomic E-state index is 0.0619. The Kier molecular flexibility index (Phi) is 4.95. The first-order valence-electron chi connectivity index (χ1n) is 10.1. The lowest BCUT2D eigenvalue weighted by Crippen LogP contribution is -2.13. The molecule has 0 aliphatic carbocycles. The lowest BCUT2D eigenvalue weighted by atomic mass is 10.1. The Morgan fingerprint density at radius 1 is 0.875 bits per heavy atom. The predicted octanol–water partition coefficient (Wildman–Crippen LogP) is 3.37. The van der Waals surface area contributed by atoms with Crippen molar-refractivity contribution >= 4 is 11.2 Å². The van der Waals surface area contributed by atoms with Crippen LogP contribution in [0.25, 0.3) is 33.5 Å². The van der Waals surface area contributed by atoms with Crippen LogP contribution in [-0.4, -0.2) is 29.3 Å². The van der Waals surface area contributed by atoms with Crippen LogP contribution in [0, 0.1) is 0 Å². The summed E-state index contributed by atoms with van der Waals surface area (Å²) in [4.78, 5) is 24.8. The summed E-state index contributed by atoms with van der Waals surface area (Å²) in [5.41, 5.74) is 5.87. The van der Waals surface area contributed by atoms with Crippen LogP contribution in [0.15, 0.2) is 78.1 Å². The molecule has 0 saturated carbocycles. The zero-order valence-corrected chi connectivity index (χ0v) is 17.6. The smallest absolute Gasteiger partial charge is 0.250 e.